The van der Waals surface area contributed by atoms with Crippen molar-refractivity contribution in [2.75, 3.05) is 0 Å². The van der Waals surface area contributed by atoms with Crippen molar-refractivity contribution in [3.05, 3.63) is 83.4 Å². The molecule has 0 unspecified atom stereocenters. The highest BCUT2D eigenvalue weighted by Crippen LogP contribution is 2.30. The Hall–Kier alpha value is -4.00. The molecule has 0 aliphatic rings. The van der Waals surface area contributed by atoms with Crippen LogP contribution in [0, 0.1) is 6.92 Å². The van der Waals surface area contributed by atoms with E-state index >= 15 is 0 Å². The van der Waals surface area contributed by atoms with Gasteiger partial charge in [-0.05, 0) is 55.8 Å². The zero-order valence-electron chi connectivity index (χ0n) is 18.7. The van der Waals surface area contributed by atoms with Crippen LogP contribution in [-0.2, 0) is 11.3 Å². The second-order valence-corrected chi connectivity index (χ2v) is 7.79. The van der Waals surface area contributed by atoms with E-state index < -0.39 is 17.9 Å². The van der Waals surface area contributed by atoms with Crippen LogP contribution in [0.4, 0.5) is 0 Å². The quantitative estimate of drug-likeness (QED) is 0.446. The minimum atomic E-state index is -0.828. The van der Waals surface area contributed by atoms with Gasteiger partial charge < -0.3 is 25.6 Å². The molecule has 7 nitrogen and oxygen atoms in total. The molecule has 0 saturated heterocycles. The Bertz CT molecular complexity index is 1130. The molecule has 7 heteroatoms. The van der Waals surface area contributed by atoms with Crippen molar-refractivity contribution in [3.63, 3.8) is 0 Å². The largest absolute Gasteiger partial charge is 0.508 e. The minimum absolute atomic E-state index is 0.00276. The molecule has 0 saturated carbocycles. The Balaban J connectivity index is 2.00. The van der Waals surface area contributed by atoms with Crippen molar-refractivity contribution in [2.24, 2.45) is 5.73 Å². The molecule has 0 bridgehead atoms. The van der Waals surface area contributed by atoms with Crippen molar-refractivity contribution < 1.29 is 24.5 Å². The Morgan fingerprint density at radius 2 is 1.70 bits per heavy atom. The van der Waals surface area contributed by atoms with Gasteiger partial charge in [-0.2, -0.15) is 0 Å². The molecule has 3 aromatic rings. The number of phenols is 2. The highest BCUT2D eigenvalue weighted by Gasteiger charge is 2.30. The number of amides is 2. The monoisotopic (exact) mass is 448 g/mol. The van der Waals surface area contributed by atoms with E-state index in [1.807, 2.05) is 25.1 Å². The molecule has 3 aromatic carbocycles. The molecule has 3 rings (SSSR count). The first-order valence-corrected chi connectivity index (χ1v) is 10.8. The average Bonchev–Trinajstić information content (AvgIpc) is 2.80. The summed E-state index contributed by atoms with van der Waals surface area (Å²) >= 11 is 0. The first kappa shape index (κ1) is 23.7. The molecule has 0 spiro atoms. The first-order chi connectivity index (χ1) is 15.8. The van der Waals surface area contributed by atoms with E-state index in [0.717, 1.165) is 0 Å². The smallest absolute Gasteiger partial charge is 0.255 e. The van der Waals surface area contributed by atoms with Crippen LogP contribution in [0.1, 0.15) is 41.3 Å². The number of hydrogen-bond donors (Lipinski definition) is 3. The predicted molar refractivity (Wildman–Crippen MR) is 125 cm³/mol. The highest BCUT2D eigenvalue weighted by atomic mass is 16.5. The molecule has 0 radical (unpaired) electrons. The third-order valence-corrected chi connectivity index (χ3v) is 5.44. The number of rotatable bonds is 9. The summed E-state index contributed by atoms with van der Waals surface area (Å²) in [5.74, 6) is 0.149. The summed E-state index contributed by atoms with van der Waals surface area (Å²) in [4.78, 5) is 27.4. The summed E-state index contributed by atoms with van der Waals surface area (Å²) in [6.45, 7) is 3.65. The van der Waals surface area contributed by atoms with Gasteiger partial charge in [0.05, 0.1) is 6.54 Å². The van der Waals surface area contributed by atoms with Gasteiger partial charge >= 0.3 is 0 Å². The maximum Gasteiger partial charge on any atom is 0.255 e. The number of ether oxygens (including phenoxy) is 1. The molecule has 0 heterocycles. The van der Waals surface area contributed by atoms with E-state index in [1.54, 1.807) is 37.3 Å². The number of phenolic OH excluding ortho intramolecular Hbond substituents is 2. The van der Waals surface area contributed by atoms with Crippen LogP contribution in [0.25, 0.3) is 0 Å². The lowest BCUT2D eigenvalue weighted by atomic mass is 10.0. The van der Waals surface area contributed by atoms with Gasteiger partial charge in [0.25, 0.3) is 5.91 Å². The number of nitrogens with zero attached hydrogens (tertiary/aromatic N) is 1. The Morgan fingerprint density at radius 1 is 1.00 bits per heavy atom. The first-order valence-electron chi connectivity index (χ1n) is 10.8. The number of benzene rings is 3. The SMILES string of the molecule is CCC[C@@H](C(N)=O)N(Cc1ccccc1Oc1ccc(O)cc1)C(=O)c1cccc(O)c1C. The second kappa shape index (κ2) is 10.5. The summed E-state index contributed by atoms with van der Waals surface area (Å²) in [6.07, 6.45) is 1.06. The molecule has 0 aliphatic heterocycles. The van der Waals surface area contributed by atoms with Crippen LogP contribution in [0.15, 0.2) is 66.7 Å². The van der Waals surface area contributed by atoms with E-state index in [9.17, 15) is 19.8 Å². The summed E-state index contributed by atoms with van der Waals surface area (Å²) in [5, 5.41) is 19.6. The number of primary amides is 1. The van der Waals surface area contributed by atoms with Gasteiger partial charge in [0.1, 0.15) is 29.0 Å². The van der Waals surface area contributed by atoms with E-state index in [2.05, 4.69) is 0 Å². The Morgan fingerprint density at radius 3 is 2.36 bits per heavy atom. The third kappa shape index (κ3) is 5.63. The molecular formula is C26H28N2O5. The van der Waals surface area contributed by atoms with Gasteiger partial charge in [0.2, 0.25) is 5.91 Å². The summed E-state index contributed by atoms with van der Waals surface area (Å²) < 4.78 is 5.99. The second-order valence-electron chi connectivity index (χ2n) is 7.79. The maximum atomic E-state index is 13.6. The van der Waals surface area contributed by atoms with Crippen LogP contribution < -0.4 is 10.5 Å². The van der Waals surface area contributed by atoms with Crippen LogP contribution in [0.5, 0.6) is 23.0 Å². The van der Waals surface area contributed by atoms with Gasteiger partial charge in [-0.25, -0.2) is 0 Å². The average molecular weight is 449 g/mol. The van der Waals surface area contributed by atoms with Crippen molar-refractivity contribution in [1.82, 2.24) is 4.90 Å². The molecule has 33 heavy (non-hydrogen) atoms. The van der Waals surface area contributed by atoms with Gasteiger partial charge in [-0.15, -0.1) is 0 Å². The topological polar surface area (TPSA) is 113 Å². The van der Waals surface area contributed by atoms with Crippen molar-refractivity contribution in [1.29, 1.82) is 0 Å². The van der Waals surface area contributed by atoms with Crippen molar-refractivity contribution >= 4 is 11.8 Å². The zero-order chi connectivity index (χ0) is 24.0. The fourth-order valence-electron chi connectivity index (χ4n) is 3.62. The molecule has 2 amide bonds. The van der Waals surface area contributed by atoms with Crippen LogP contribution in [0.2, 0.25) is 0 Å². The van der Waals surface area contributed by atoms with E-state index in [1.165, 1.54) is 23.1 Å². The third-order valence-electron chi connectivity index (χ3n) is 5.44. The highest BCUT2D eigenvalue weighted by molar-refractivity contribution is 5.99. The van der Waals surface area contributed by atoms with E-state index in [4.69, 9.17) is 10.5 Å². The molecule has 4 N–H and O–H groups in total. The number of carbonyl (C=O) groups is 2. The van der Waals surface area contributed by atoms with Gasteiger partial charge in [-0.1, -0.05) is 37.6 Å². The molecule has 172 valence electrons. The number of hydrogen-bond acceptors (Lipinski definition) is 5. The molecule has 0 fully saturated rings. The lowest BCUT2D eigenvalue weighted by molar-refractivity contribution is -0.122. The molecule has 0 aliphatic carbocycles. The van der Waals surface area contributed by atoms with Crippen LogP contribution >= 0.6 is 0 Å². The molecular weight excluding hydrogens is 420 g/mol. The molecule has 1 atom stereocenters. The van der Waals surface area contributed by atoms with Gasteiger partial charge in [0, 0.05) is 16.7 Å². The maximum absolute atomic E-state index is 13.6. The Labute approximate surface area is 193 Å². The van der Waals surface area contributed by atoms with Crippen LogP contribution in [-0.4, -0.2) is 33.0 Å². The fourth-order valence-corrected chi connectivity index (χ4v) is 3.62. The van der Waals surface area contributed by atoms with E-state index in [0.29, 0.717) is 41.0 Å². The summed E-state index contributed by atoms with van der Waals surface area (Å²) in [5.41, 5.74) is 7.11. The van der Waals surface area contributed by atoms with E-state index in [-0.39, 0.29) is 18.0 Å². The lowest BCUT2D eigenvalue weighted by Gasteiger charge is -2.31. The fraction of sp³-hybridized carbons (Fsp3) is 0.231. The number of carbonyl (C=O) groups excluding carboxylic acids is 2. The van der Waals surface area contributed by atoms with Crippen molar-refractivity contribution in [2.45, 2.75) is 39.3 Å². The van der Waals surface area contributed by atoms with Crippen LogP contribution in [0.3, 0.4) is 0 Å². The number of nitrogens with two attached hydrogens (primary N) is 1. The zero-order valence-corrected chi connectivity index (χ0v) is 18.7. The standard InChI is InChI=1S/C26H28N2O5/c1-3-7-22(25(27)31)28(26(32)21-9-6-10-23(30)17(21)2)16-18-8-4-5-11-24(18)33-20-14-12-19(29)13-15-20/h4-6,8-15,22,29-30H,3,7,16H2,1-2H3,(H2,27,31)/t22-/m0/s1. The van der Waals surface area contributed by atoms with Gasteiger partial charge in [-0.3, -0.25) is 9.59 Å². The predicted octanol–water partition coefficient (Wildman–Crippen LogP) is 4.49. The lowest BCUT2D eigenvalue weighted by Crippen LogP contribution is -2.47. The summed E-state index contributed by atoms with van der Waals surface area (Å²) in [6, 6.07) is 17.4. The summed E-state index contributed by atoms with van der Waals surface area (Å²) in [7, 11) is 0. The van der Waals surface area contributed by atoms with Crippen molar-refractivity contribution in [3.8, 4) is 23.0 Å². The van der Waals surface area contributed by atoms with Gasteiger partial charge in [0.15, 0.2) is 0 Å². The molecule has 0 aromatic heterocycles. The Kier molecular flexibility index (Phi) is 7.56. The number of para-hydroxylation sites is 1. The minimum Gasteiger partial charge on any atom is -0.508 e. The number of aromatic hydroxyl groups is 2. The normalized spacial score (nSPS) is 11.6.